The van der Waals surface area contributed by atoms with Crippen LogP contribution in [0.3, 0.4) is 0 Å². The van der Waals surface area contributed by atoms with Crippen molar-refractivity contribution in [2.45, 2.75) is 31.8 Å². The Morgan fingerprint density at radius 1 is 1.15 bits per heavy atom. The molecular formula is C15H19ClO4. The SMILES string of the molecule is O=C(OCCCCCCOc1ccc(Cl)cc1)[C@H]1CO1. The summed E-state index contributed by atoms with van der Waals surface area (Å²) >= 11 is 5.79. The standard InChI is InChI=1S/C15H19ClO4/c16-12-5-7-13(8-6-12)18-9-3-1-2-4-10-19-15(17)14-11-20-14/h5-8,14H,1-4,9-11H2/t14-/m1/s1. The van der Waals surface area contributed by atoms with Gasteiger partial charge in [-0.1, -0.05) is 11.6 Å². The third-order valence-corrected chi connectivity index (χ3v) is 3.21. The Hall–Kier alpha value is -1.26. The molecule has 1 aromatic rings. The first kappa shape index (κ1) is 15.1. The molecule has 2 rings (SSSR count). The van der Waals surface area contributed by atoms with Gasteiger partial charge in [-0.05, 0) is 49.9 Å². The number of benzene rings is 1. The van der Waals surface area contributed by atoms with Crippen molar-refractivity contribution < 1.29 is 19.0 Å². The van der Waals surface area contributed by atoms with Gasteiger partial charge in [0.25, 0.3) is 0 Å². The van der Waals surface area contributed by atoms with E-state index in [1.54, 1.807) is 0 Å². The molecule has 1 aliphatic rings. The van der Waals surface area contributed by atoms with Crippen molar-refractivity contribution >= 4 is 17.6 Å². The molecule has 1 heterocycles. The second kappa shape index (κ2) is 8.12. The van der Waals surface area contributed by atoms with Crippen molar-refractivity contribution in [3.8, 4) is 5.75 Å². The van der Waals surface area contributed by atoms with Gasteiger partial charge in [-0.3, -0.25) is 0 Å². The van der Waals surface area contributed by atoms with E-state index in [9.17, 15) is 4.79 Å². The minimum atomic E-state index is -0.289. The maximum Gasteiger partial charge on any atom is 0.337 e. The normalized spacial score (nSPS) is 16.8. The zero-order valence-corrected chi connectivity index (χ0v) is 12.1. The molecule has 0 spiro atoms. The average molecular weight is 299 g/mol. The van der Waals surface area contributed by atoms with Gasteiger partial charge in [0.05, 0.1) is 19.8 Å². The van der Waals surface area contributed by atoms with Crippen LogP contribution in [0.5, 0.6) is 5.75 Å². The summed E-state index contributed by atoms with van der Waals surface area (Å²) in [6, 6.07) is 7.35. The van der Waals surface area contributed by atoms with Crippen LogP contribution in [0, 0.1) is 0 Å². The van der Waals surface area contributed by atoms with Crippen molar-refractivity contribution in [3.05, 3.63) is 29.3 Å². The highest BCUT2D eigenvalue weighted by Crippen LogP contribution is 2.16. The van der Waals surface area contributed by atoms with Gasteiger partial charge in [0.2, 0.25) is 0 Å². The van der Waals surface area contributed by atoms with Gasteiger partial charge in [0, 0.05) is 5.02 Å². The van der Waals surface area contributed by atoms with Gasteiger partial charge < -0.3 is 14.2 Å². The average Bonchev–Trinajstić information content (AvgIpc) is 3.28. The molecule has 4 nitrogen and oxygen atoms in total. The van der Waals surface area contributed by atoms with Crippen LogP contribution in [-0.2, 0) is 14.3 Å². The monoisotopic (exact) mass is 298 g/mol. The van der Waals surface area contributed by atoms with E-state index in [1.165, 1.54) is 0 Å². The zero-order chi connectivity index (χ0) is 14.2. The molecule has 1 aliphatic heterocycles. The lowest BCUT2D eigenvalue weighted by atomic mass is 10.2. The molecule has 0 aliphatic carbocycles. The van der Waals surface area contributed by atoms with Crippen LogP contribution >= 0.6 is 11.6 Å². The van der Waals surface area contributed by atoms with E-state index in [4.69, 9.17) is 25.8 Å². The number of carbonyl (C=O) groups excluding carboxylic acids is 1. The topological polar surface area (TPSA) is 48.1 Å². The first-order chi connectivity index (χ1) is 9.75. The van der Waals surface area contributed by atoms with E-state index >= 15 is 0 Å². The van der Waals surface area contributed by atoms with Crippen molar-refractivity contribution in [2.24, 2.45) is 0 Å². The van der Waals surface area contributed by atoms with Crippen molar-refractivity contribution in [1.29, 1.82) is 0 Å². The molecule has 5 heteroatoms. The second-order valence-electron chi connectivity index (χ2n) is 4.71. The third-order valence-electron chi connectivity index (χ3n) is 2.96. The quantitative estimate of drug-likeness (QED) is 0.399. The number of epoxide rings is 1. The maximum atomic E-state index is 11.1. The summed E-state index contributed by atoms with van der Waals surface area (Å²) in [4.78, 5) is 11.1. The smallest absolute Gasteiger partial charge is 0.337 e. The molecule has 1 fully saturated rings. The predicted molar refractivity (Wildman–Crippen MR) is 76.1 cm³/mol. The highest BCUT2D eigenvalue weighted by Gasteiger charge is 2.32. The first-order valence-electron chi connectivity index (χ1n) is 6.92. The van der Waals surface area contributed by atoms with Crippen LogP contribution < -0.4 is 4.74 Å². The van der Waals surface area contributed by atoms with E-state index in [0.717, 1.165) is 31.4 Å². The zero-order valence-electron chi connectivity index (χ0n) is 11.3. The highest BCUT2D eigenvalue weighted by atomic mass is 35.5. The minimum Gasteiger partial charge on any atom is -0.494 e. The molecule has 0 N–H and O–H groups in total. The fraction of sp³-hybridized carbons (Fsp3) is 0.533. The maximum absolute atomic E-state index is 11.1. The summed E-state index contributed by atoms with van der Waals surface area (Å²) in [7, 11) is 0. The summed E-state index contributed by atoms with van der Waals surface area (Å²) in [5.74, 6) is 0.615. The molecule has 1 atom stereocenters. The number of hydrogen-bond acceptors (Lipinski definition) is 4. The lowest BCUT2D eigenvalue weighted by Gasteiger charge is -2.06. The Morgan fingerprint density at radius 3 is 2.45 bits per heavy atom. The van der Waals surface area contributed by atoms with Gasteiger partial charge in [0.15, 0.2) is 6.10 Å². The van der Waals surface area contributed by atoms with Crippen molar-refractivity contribution in [2.75, 3.05) is 19.8 Å². The number of hydrogen-bond donors (Lipinski definition) is 0. The van der Waals surface area contributed by atoms with Crippen LogP contribution in [-0.4, -0.2) is 31.9 Å². The van der Waals surface area contributed by atoms with E-state index in [0.29, 0.717) is 24.8 Å². The lowest BCUT2D eigenvalue weighted by Crippen LogP contribution is -2.12. The number of ether oxygens (including phenoxy) is 3. The Labute approximate surface area is 124 Å². The van der Waals surface area contributed by atoms with Crippen molar-refractivity contribution in [3.63, 3.8) is 0 Å². The first-order valence-corrected chi connectivity index (χ1v) is 7.30. The Morgan fingerprint density at radius 2 is 1.80 bits per heavy atom. The number of esters is 1. The van der Waals surface area contributed by atoms with Crippen molar-refractivity contribution in [1.82, 2.24) is 0 Å². The summed E-state index contributed by atoms with van der Waals surface area (Å²) in [6.45, 7) is 1.69. The molecule has 0 bridgehead atoms. The molecule has 0 saturated carbocycles. The fourth-order valence-corrected chi connectivity index (χ4v) is 1.85. The predicted octanol–water partition coefficient (Wildman–Crippen LogP) is 3.22. The molecule has 20 heavy (non-hydrogen) atoms. The minimum absolute atomic E-state index is 0.226. The molecular weight excluding hydrogens is 280 g/mol. The number of halogens is 1. The Bertz CT molecular complexity index is 414. The number of rotatable bonds is 9. The van der Waals surface area contributed by atoms with E-state index in [1.807, 2.05) is 24.3 Å². The van der Waals surface area contributed by atoms with Crippen LogP contribution in [0.2, 0.25) is 5.02 Å². The Balaban J connectivity index is 1.41. The van der Waals surface area contributed by atoms with Gasteiger partial charge in [0.1, 0.15) is 5.75 Å². The summed E-state index contributed by atoms with van der Waals surface area (Å²) in [5, 5.41) is 0.712. The summed E-state index contributed by atoms with van der Waals surface area (Å²) < 4.78 is 15.5. The molecule has 110 valence electrons. The second-order valence-corrected chi connectivity index (χ2v) is 5.14. The molecule has 0 unspecified atom stereocenters. The van der Waals surface area contributed by atoms with Gasteiger partial charge >= 0.3 is 5.97 Å². The molecule has 1 saturated heterocycles. The number of carbonyl (C=O) groups is 1. The van der Waals surface area contributed by atoms with E-state index in [-0.39, 0.29) is 12.1 Å². The molecule has 0 aromatic heterocycles. The van der Waals surface area contributed by atoms with E-state index in [2.05, 4.69) is 0 Å². The molecule has 0 radical (unpaired) electrons. The summed E-state index contributed by atoms with van der Waals surface area (Å²) in [5.41, 5.74) is 0. The fourth-order valence-electron chi connectivity index (χ4n) is 1.73. The highest BCUT2D eigenvalue weighted by molar-refractivity contribution is 6.30. The van der Waals surface area contributed by atoms with Crippen LogP contribution in [0.4, 0.5) is 0 Å². The van der Waals surface area contributed by atoms with Crippen LogP contribution in [0.15, 0.2) is 24.3 Å². The van der Waals surface area contributed by atoms with Gasteiger partial charge in [-0.2, -0.15) is 0 Å². The Kier molecular flexibility index (Phi) is 6.15. The van der Waals surface area contributed by atoms with E-state index < -0.39 is 0 Å². The van der Waals surface area contributed by atoms with Gasteiger partial charge in [-0.15, -0.1) is 0 Å². The van der Waals surface area contributed by atoms with Gasteiger partial charge in [-0.25, -0.2) is 4.79 Å². The van der Waals surface area contributed by atoms with Crippen LogP contribution in [0.1, 0.15) is 25.7 Å². The third kappa shape index (κ3) is 5.80. The lowest BCUT2D eigenvalue weighted by molar-refractivity contribution is -0.145. The van der Waals surface area contributed by atoms with Crippen LogP contribution in [0.25, 0.3) is 0 Å². The number of unbranched alkanes of at least 4 members (excludes halogenated alkanes) is 3. The largest absolute Gasteiger partial charge is 0.494 e. The molecule has 0 amide bonds. The molecule has 1 aromatic carbocycles. The summed E-state index contributed by atoms with van der Waals surface area (Å²) in [6.07, 6.45) is 3.68.